The van der Waals surface area contributed by atoms with Crippen LogP contribution in [0.1, 0.15) is 13.8 Å². The second-order valence-corrected chi connectivity index (χ2v) is 1.79. The van der Waals surface area contributed by atoms with Crippen LogP contribution in [-0.2, 0) is 4.79 Å². The summed E-state index contributed by atoms with van der Waals surface area (Å²) in [5, 5.41) is 6.64. The second kappa shape index (κ2) is 3.29. The fourth-order valence-electron chi connectivity index (χ4n) is 0.214. The molecule has 0 heterocycles. The SMILES string of the molecule is C/N=N/C(=O)C(C)C. The fourth-order valence-corrected chi connectivity index (χ4v) is 0.214. The van der Waals surface area contributed by atoms with Crippen molar-refractivity contribution in [2.75, 3.05) is 7.05 Å². The van der Waals surface area contributed by atoms with Crippen LogP contribution in [0.4, 0.5) is 0 Å². The summed E-state index contributed by atoms with van der Waals surface area (Å²) < 4.78 is 0. The van der Waals surface area contributed by atoms with Crippen LogP contribution in [0.3, 0.4) is 0 Å². The lowest BCUT2D eigenvalue weighted by atomic mass is 10.2. The van der Waals surface area contributed by atoms with Gasteiger partial charge in [0, 0.05) is 13.0 Å². The molecule has 3 nitrogen and oxygen atoms in total. The Morgan fingerprint density at radius 1 is 1.50 bits per heavy atom. The monoisotopic (exact) mass is 114 g/mol. The first-order chi connectivity index (χ1) is 3.68. The van der Waals surface area contributed by atoms with Gasteiger partial charge in [-0.05, 0) is 0 Å². The fraction of sp³-hybridized carbons (Fsp3) is 0.800. The van der Waals surface area contributed by atoms with E-state index >= 15 is 0 Å². The van der Waals surface area contributed by atoms with Crippen molar-refractivity contribution in [2.45, 2.75) is 13.8 Å². The maximum Gasteiger partial charge on any atom is 0.266 e. The van der Waals surface area contributed by atoms with E-state index in [1.54, 1.807) is 13.8 Å². The Bertz CT molecular complexity index is 107. The van der Waals surface area contributed by atoms with E-state index in [2.05, 4.69) is 10.2 Å². The molecule has 0 atom stereocenters. The van der Waals surface area contributed by atoms with E-state index in [0.717, 1.165) is 0 Å². The van der Waals surface area contributed by atoms with Crippen molar-refractivity contribution in [2.24, 2.45) is 16.1 Å². The van der Waals surface area contributed by atoms with Gasteiger partial charge in [0.05, 0.1) is 0 Å². The Hall–Kier alpha value is -0.730. The van der Waals surface area contributed by atoms with Crippen molar-refractivity contribution in [3.63, 3.8) is 0 Å². The van der Waals surface area contributed by atoms with Crippen LogP contribution in [0.25, 0.3) is 0 Å². The molecule has 0 aliphatic heterocycles. The highest BCUT2D eigenvalue weighted by Crippen LogP contribution is 1.93. The molecule has 0 saturated carbocycles. The first kappa shape index (κ1) is 7.27. The number of azo groups is 1. The number of hydrogen-bond donors (Lipinski definition) is 0. The Kier molecular flexibility index (Phi) is 2.99. The highest BCUT2D eigenvalue weighted by Gasteiger charge is 2.02. The van der Waals surface area contributed by atoms with E-state index in [-0.39, 0.29) is 11.8 Å². The molecule has 8 heavy (non-hydrogen) atoms. The number of hydrogen-bond acceptors (Lipinski definition) is 2. The summed E-state index contributed by atoms with van der Waals surface area (Å²) in [5.41, 5.74) is 0. The van der Waals surface area contributed by atoms with Crippen LogP contribution >= 0.6 is 0 Å². The predicted molar refractivity (Wildman–Crippen MR) is 30.6 cm³/mol. The van der Waals surface area contributed by atoms with E-state index in [0.29, 0.717) is 0 Å². The van der Waals surface area contributed by atoms with Gasteiger partial charge in [0.15, 0.2) is 0 Å². The number of rotatable bonds is 1. The highest BCUT2D eigenvalue weighted by atomic mass is 16.1. The first-order valence-electron chi connectivity index (χ1n) is 2.52. The maximum absolute atomic E-state index is 10.5. The molecule has 0 aromatic carbocycles. The zero-order chi connectivity index (χ0) is 6.57. The van der Waals surface area contributed by atoms with Crippen LogP contribution in [-0.4, -0.2) is 13.0 Å². The average molecular weight is 114 g/mol. The number of nitrogens with zero attached hydrogens (tertiary/aromatic N) is 2. The van der Waals surface area contributed by atoms with Crippen molar-refractivity contribution >= 4 is 5.91 Å². The Balaban J connectivity index is 3.66. The van der Waals surface area contributed by atoms with Gasteiger partial charge >= 0.3 is 0 Å². The number of carbonyl (C=O) groups is 1. The molecule has 0 radical (unpaired) electrons. The normalized spacial score (nSPS) is 11.0. The Morgan fingerprint density at radius 3 is 2.12 bits per heavy atom. The molecule has 0 fully saturated rings. The summed E-state index contributed by atoms with van der Waals surface area (Å²) in [6.45, 7) is 3.58. The maximum atomic E-state index is 10.5. The summed E-state index contributed by atoms with van der Waals surface area (Å²) in [6, 6.07) is 0. The van der Waals surface area contributed by atoms with Gasteiger partial charge in [-0.3, -0.25) is 4.79 Å². The molecule has 0 saturated heterocycles. The van der Waals surface area contributed by atoms with Crippen LogP contribution in [0.15, 0.2) is 10.2 Å². The minimum atomic E-state index is -0.160. The molecule has 3 heteroatoms. The second-order valence-electron chi connectivity index (χ2n) is 1.79. The molecule has 0 aliphatic carbocycles. The first-order valence-corrected chi connectivity index (χ1v) is 2.52. The molecule has 0 unspecified atom stereocenters. The van der Waals surface area contributed by atoms with Gasteiger partial charge in [-0.25, -0.2) is 0 Å². The van der Waals surface area contributed by atoms with E-state index in [1.165, 1.54) is 7.05 Å². The van der Waals surface area contributed by atoms with E-state index in [1.807, 2.05) is 0 Å². The van der Waals surface area contributed by atoms with Crippen LogP contribution in [0.5, 0.6) is 0 Å². The lowest BCUT2D eigenvalue weighted by Gasteiger charge is -1.91. The van der Waals surface area contributed by atoms with Gasteiger partial charge < -0.3 is 0 Å². The molecule has 0 N–H and O–H groups in total. The lowest BCUT2D eigenvalue weighted by molar-refractivity contribution is -0.121. The lowest BCUT2D eigenvalue weighted by Crippen LogP contribution is -2.01. The molecular formula is C5H10N2O. The zero-order valence-corrected chi connectivity index (χ0v) is 5.38. The molecule has 0 bridgehead atoms. The van der Waals surface area contributed by atoms with E-state index in [9.17, 15) is 4.79 Å². The minimum Gasteiger partial charge on any atom is -0.271 e. The third-order valence-electron chi connectivity index (χ3n) is 0.692. The molecule has 1 amide bonds. The average Bonchev–Trinajstić information content (AvgIpc) is 1.67. The minimum absolute atomic E-state index is 0.0290. The van der Waals surface area contributed by atoms with Crippen LogP contribution < -0.4 is 0 Å². The summed E-state index contributed by atoms with van der Waals surface area (Å²) >= 11 is 0. The highest BCUT2D eigenvalue weighted by molar-refractivity contribution is 5.78. The molecule has 0 rings (SSSR count). The standard InChI is InChI=1S/C5H10N2O/c1-4(2)5(8)7-6-3/h4H,1-3H3/b7-6+. The van der Waals surface area contributed by atoms with Gasteiger partial charge in [0.1, 0.15) is 0 Å². The van der Waals surface area contributed by atoms with Crippen molar-refractivity contribution in [3.05, 3.63) is 0 Å². The van der Waals surface area contributed by atoms with Gasteiger partial charge in [-0.2, -0.15) is 5.11 Å². The summed E-state index contributed by atoms with van der Waals surface area (Å²) in [5.74, 6) is -0.189. The summed E-state index contributed by atoms with van der Waals surface area (Å²) in [6.07, 6.45) is 0. The van der Waals surface area contributed by atoms with Gasteiger partial charge in [-0.15, -0.1) is 5.11 Å². The smallest absolute Gasteiger partial charge is 0.266 e. The molecule has 0 aromatic rings. The van der Waals surface area contributed by atoms with Crippen LogP contribution in [0.2, 0.25) is 0 Å². The summed E-state index contributed by atoms with van der Waals surface area (Å²) in [4.78, 5) is 10.5. The van der Waals surface area contributed by atoms with Crippen molar-refractivity contribution in [1.82, 2.24) is 0 Å². The third kappa shape index (κ3) is 2.44. The van der Waals surface area contributed by atoms with E-state index < -0.39 is 0 Å². The third-order valence-corrected chi connectivity index (χ3v) is 0.692. The Labute approximate surface area is 48.8 Å². The summed E-state index contributed by atoms with van der Waals surface area (Å²) in [7, 11) is 1.49. The van der Waals surface area contributed by atoms with Crippen LogP contribution in [0, 0.1) is 5.92 Å². The number of amides is 1. The van der Waals surface area contributed by atoms with Gasteiger partial charge in [0.25, 0.3) is 5.91 Å². The molecular weight excluding hydrogens is 104 g/mol. The zero-order valence-electron chi connectivity index (χ0n) is 5.38. The van der Waals surface area contributed by atoms with Gasteiger partial charge in [-0.1, -0.05) is 13.8 Å². The molecule has 0 spiro atoms. The molecule has 0 aliphatic rings. The number of carbonyl (C=O) groups excluding carboxylic acids is 1. The molecule has 0 aromatic heterocycles. The topological polar surface area (TPSA) is 41.8 Å². The molecule has 46 valence electrons. The largest absolute Gasteiger partial charge is 0.271 e. The van der Waals surface area contributed by atoms with Crippen molar-refractivity contribution in [3.8, 4) is 0 Å². The quantitative estimate of drug-likeness (QED) is 0.473. The predicted octanol–water partition coefficient (Wildman–Crippen LogP) is 1.25. The van der Waals surface area contributed by atoms with E-state index in [4.69, 9.17) is 0 Å². The Morgan fingerprint density at radius 2 is 2.00 bits per heavy atom. The van der Waals surface area contributed by atoms with Crippen molar-refractivity contribution in [1.29, 1.82) is 0 Å². The van der Waals surface area contributed by atoms with Gasteiger partial charge in [0.2, 0.25) is 0 Å². The van der Waals surface area contributed by atoms with Crippen molar-refractivity contribution < 1.29 is 4.79 Å².